The zero-order valence-electron chi connectivity index (χ0n) is 17.6. The molecule has 0 aliphatic rings. The van der Waals surface area contributed by atoms with E-state index in [9.17, 15) is 0 Å². The minimum Gasteiger partial charge on any atom is -0.381 e. The van der Waals surface area contributed by atoms with Gasteiger partial charge in [0.2, 0.25) is 0 Å². The van der Waals surface area contributed by atoms with Crippen LogP contribution in [-0.4, -0.2) is 21.3 Å². The summed E-state index contributed by atoms with van der Waals surface area (Å²) >= 11 is 0. The number of rotatable bonds is 9. The van der Waals surface area contributed by atoms with Crippen LogP contribution in [0.5, 0.6) is 0 Å². The van der Waals surface area contributed by atoms with E-state index in [0.717, 1.165) is 13.2 Å². The van der Waals surface area contributed by atoms with Crippen molar-refractivity contribution < 1.29 is 4.74 Å². The van der Waals surface area contributed by atoms with E-state index >= 15 is 0 Å². The Labute approximate surface area is 153 Å². The number of benzene rings is 1. The second-order valence-corrected chi connectivity index (χ2v) is 14.6. The average Bonchev–Trinajstić information content (AvgIpc) is 2.54. The molecule has 0 aromatic heterocycles. The van der Waals surface area contributed by atoms with Gasteiger partial charge in [0.05, 0.1) is 6.61 Å². The van der Waals surface area contributed by atoms with E-state index in [-0.39, 0.29) is 0 Å². The summed E-state index contributed by atoms with van der Waals surface area (Å²) in [6, 6.07) is 12.0. The van der Waals surface area contributed by atoms with E-state index in [4.69, 9.17) is 4.74 Å². The predicted octanol–water partition coefficient (Wildman–Crippen LogP) is 7.37. The van der Waals surface area contributed by atoms with E-state index in [1.54, 1.807) is 0 Å². The lowest BCUT2D eigenvalue weighted by atomic mass is 9.92. The molecule has 24 heavy (non-hydrogen) atoms. The molecule has 2 heteroatoms. The molecule has 140 valence electrons. The predicted molar refractivity (Wildman–Crippen MR) is 113 cm³/mol. The summed E-state index contributed by atoms with van der Waals surface area (Å²) < 4.78 is 5.71. The second kappa shape index (κ2) is 11.9. The molecule has 0 aliphatic heterocycles. The van der Waals surface area contributed by atoms with Gasteiger partial charge in [0.1, 0.15) is 0 Å². The molecule has 0 spiro atoms. The molecular weight excluding hydrogens is 308 g/mol. The zero-order chi connectivity index (χ0) is 18.6. The fourth-order valence-electron chi connectivity index (χ4n) is 2.17. The van der Waals surface area contributed by atoms with Crippen LogP contribution in [0.4, 0.5) is 0 Å². The van der Waals surface area contributed by atoms with Crippen molar-refractivity contribution in [2.75, 3.05) is 13.2 Å². The Morgan fingerprint density at radius 3 is 2.08 bits per heavy atom. The molecule has 0 heterocycles. The molecule has 1 nitrogen and oxygen atoms in total. The largest absolute Gasteiger partial charge is 0.381 e. The summed E-state index contributed by atoms with van der Waals surface area (Å²) in [5, 5.41) is 0. The molecule has 1 rings (SSSR count). The van der Waals surface area contributed by atoms with Crippen molar-refractivity contribution in [2.24, 2.45) is 5.41 Å². The van der Waals surface area contributed by atoms with Crippen molar-refractivity contribution in [1.82, 2.24) is 0 Å². The van der Waals surface area contributed by atoms with Crippen molar-refractivity contribution in [3.05, 3.63) is 35.9 Å². The molecule has 0 N–H and O–H groups in total. The Hall–Kier alpha value is -0.603. The van der Waals surface area contributed by atoms with Gasteiger partial charge in [-0.25, -0.2) is 0 Å². The Morgan fingerprint density at radius 1 is 1.04 bits per heavy atom. The summed E-state index contributed by atoms with van der Waals surface area (Å²) in [6.07, 6.45) is 3.67. The quantitative estimate of drug-likeness (QED) is 0.334. The normalized spacial score (nSPS) is 13.2. The minimum absolute atomic E-state index is 0.360. The van der Waals surface area contributed by atoms with Crippen LogP contribution in [0.3, 0.4) is 0 Å². The monoisotopic (exact) mass is 350 g/mol. The molecular formula is C22H42OSi. The molecule has 1 aromatic carbocycles. The van der Waals surface area contributed by atoms with Gasteiger partial charge in [0, 0.05) is 14.7 Å². The van der Waals surface area contributed by atoms with Gasteiger partial charge in [-0.15, -0.1) is 0 Å². The van der Waals surface area contributed by atoms with Crippen molar-refractivity contribution in [3.8, 4) is 0 Å². The van der Waals surface area contributed by atoms with Crippen molar-refractivity contribution in [3.63, 3.8) is 0 Å². The maximum Gasteiger partial charge on any atom is 0.0517 e. The van der Waals surface area contributed by atoms with Gasteiger partial charge in [-0.2, -0.15) is 0 Å². The number of hydrogen-bond acceptors (Lipinski definition) is 1. The molecule has 0 aliphatic carbocycles. The first kappa shape index (κ1) is 23.4. The molecule has 0 bridgehead atoms. The van der Waals surface area contributed by atoms with Crippen molar-refractivity contribution >= 4 is 8.07 Å². The van der Waals surface area contributed by atoms with Gasteiger partial charge in [-0.05, 0) is 36.2 Å². The molecule has 0 amide bonds. The first-order chi connectivity index (χ1) is 11.1. The van der Waals surface area contributed by atoms with Crippen LogP contribution in [0.2, 0.25) is 25.7 Å². The van der Waals surface area contributed by atoms with Gasteiger partial charge in [-0.1, -0.05) is 90.6 Å². The van der Waals surface area contributed by atoms with Crippen LogP contribution >= 0.6 is 0 Å². The fraction of sp³-hybridized carbons (Fsp3) is 0.727. The van der Waals surface area contributed by atoms with Crippen LogP contribution in [0.1, 0.15) is 65.4 Å². The van der Waals surface area contributed by atoms with Crippen molar-refractivity contribution in [1.29, 1.82) is 0 Å². The topological polar surface area (TPSA) is 9.23 Å². The summed E-state index contributed by atoms with van der Waals surface area (Å²) in [5.41, 5.74) is 1.81. The zero-order valence-corrected chi connectivity index (χ0v) is 18.6. The van der Waals surface area contributed by atoms with E-state index in [0.29, 0.717) is 11.3 Å². The van der Waals surface area contributed by atoms with E-state index in [2.05, 4.69) is 84.6 Å². The van der Waals surface area contributed by atoms with E-state index in [1.165, 1.54) is 30.9 Å². The molecule has 0 radical (unpaired) electrons. The first-order valence-electron chi connectivity index (χ1n) is 9.74. The second-order valence-electron chi connectivity index (χ2n) is 8.95. The molecule has 1 unspecified atom stereocenters. The van der Waals surface area contributed by atoms with Gasteiger partial charge < -0.3 is 4.74 Å². The van der Waals surface area contributed by atoms with Crippen LogP contribution in [0, 0.1) is 5.41 Å². The highest BCUT2D eigenvalue weighted by Gasteiger charge is 2.15. The lowest BCUT2D eigenvalue weighted by Gasteiger charge is -2.22. The third-order valence-corrected chi connectivity index (χ3v) is 6.50. The van der Waals surface area contributed by atoms with Crippen LogP contribution < -0.4 is 0 Å². The number of ether oxygens (including phenoxy) is 1. The lowest BCUT2D eigenvalue weighted by Crippen LogP contribution is -2.21. The van der Waals surface area contributed by atoms with Gasteiger partial charge in [0.25, 0.3) is 0 Å². The smallest absolute Gasteiger partial charge is 0.0517 e. The highest BCUT2D eigenvalue weighted by molar-refractivity contribution is 6.76. The maximum atomic E-state index is 5.71. The highest BCUT2D eigenvalue weighted by Crippen LogP contribution is 2.20. The average molecular weight is 351 g/mol. The summed E-state index contributed by atoms with van der Waals surface area (Å²) in [5.74, 6) is 0.709. The van der Waals surface area contributed by atoms with Gasteiger partial charge >= 0.3 is 0 Å². The summed E-state index contributed by atoms with van der Waals surface area (Å²) in [4.78, 5) is 0. The Morgan fingerprint density at radius 2 is 1.62 bits per heavy atom. The van der Waals surface area contributed by atoms with Crippen LogP contribution in [0.15, 0.2) is 30.3 Å². The lowest BCUT2D eigenvalue weighted by molar-refractivity contribution is 0.0606. The standard InChI is InChI=1S/C12H28OSi.C10H14/c1-7-12(2,3)11-13-9-8-10-14(4,5)6;1-3-9(2)10-7-5-4-6-8-10/h7-11H2,1-6H3;4-9H,3H2,1-2H3. The molecule has 1 atom stereocenters. The summed E-state index contributed by atoms with van der Waals surface area (Å²) in [7, 11) is -0.841. The molecule has 0 saturated heterocycles. The SMILES string of the molecule is CCC(C)(C)COCCC[Si](C)(C)C.CCC(C)c1ccccc1. The van der Waals surface area contributed by atoms with E-state index in [1.807, 2.05) is 0 Å². The van der Waals surface area contributed by atoms with E-state index < -0.39 is 8.07 Å². The van der Waals surface area contributed by atoms with Gasteiger partial charge in [-0.3, -0.25) is 0 Å². The summed E-state index contributed by atoms with van der Waals surface area (Å²) in [6.45, 7) is 20.4. The third-order valence-electron chi connectivity index (χ3n) is 4.65. The fourth-order valence-corrected chi connectivity index (χ4v) is 3.38. The van der Waals surface area contributed by atoms with Crippen molar-refractivity contribution in [2.45, 2.75) is 85.5 Å². The van der Waals surface area contributed by atoms with Gasteiger partial charge in [0.15, 0.2) is 0 Å². The molecule has 0 saturated carbocycles. The Balaban J connectivity index is 0.000000463. The third kappa shape index (κ3) is 12.8. The first-order valence-corrected chi connectivity index (χ1v) is 13.4. The van der Waals surface area contributed by atoms with Crippen LogP contribution in [-0.2, 0) is 4.74 Å². The number of hydrogen-bond donors (Lipinski definition) is 0. The van der Waals surface area contributed by atoms with Crippen LogP contribution in [0.25, 0.3) is 0 Å². The minimum atomic E-state index is -0.841. The highest BCUT2D eigenvalue weighted by atomic mass is 28.3. The Kier molecular flexibility index (Phi) is 11.6. The molecule has 1 aromatic rings. The maximum absolute atomic E-state index is 5.71. The Bertz CT molecular complexity index is 406. The molecule has 0 fully saturated rings.